The third-order valence-electron chi connectivity index (χ3n) is 2.60. The molecule has 0 atom stereocenters. The second-order valence-corrected chi connectivity index (χ2v) is 5.14. The zero-order valence-electron chi connectivity index (χ0n) is 9.85. The first-order chi connectivity index (χ1) is 8.95. The molecule has 19 heavy (non-hydrogen) atoms. The van der Waals surface area contributed by atoms with Crippen LogP contribution in [-0.2, 0) is 5.92 Å². The fourth-order valence-corrected chi connectivity index (χ4v) is 2.39. The molecule has 0 bridgehead atoms. The van der Waals surface area contributed by atoms with Crippen LogP contribution in [0.1, 0.15) is 12.0 Å². The van der Waals surface area contributed by atoms with E-state index in [1.807, 2.05) is 22.6 Å². The number of allylic oxidation sites excluding steroid dienone is 1. The van der Waals surface area contributed by atoms with E-state index in [1.165, 1.54) is 23.0 Å². The number of halogens is 3. The van der Waals surface area contributed by atoms with Crippen LogP contribution in [0.25, 0.3) is 5.69 Å². The van der Waals surface area contributed by atoms with Gasteiger partial charge in [0.2, 0.25) is 0 Å². The molecular formula is C13H11F2IN2O. The average Bonchev–Trinajstić information content (AvgIpc) is 2.78. The van der Waals surface area contributed by atoms with Crippen molar-refractivity contribution in [3.8, 4) is 11.4 Å². The van der Waals surface area contributed by atoms with Crippen molar-refractivity contribution in [1.82, 2.24) is 9.78 Å². The second kappa shape index (κ2) is 5.28. The van der Waals surface area contributed by atoms with Crippen LogP contribution in [0.2, 0.25) is 0 Å². The van der Waals surface area contributed by atoms with Crippen LogP contribution in [-0.4, -0.2) is 14.9 Å². The van der Waals surface area contributed by atoms with Crippen LogP contribution in [0.3, 0.4) is 0 Å². The molecule has 0 aliphatic carbocycles. The van der Waals surface area contributed by atoms with Gasteiger partial charge < -0.3 is 5.11 Å². The lowest BCUT2D eigenvalue weighted by atomic mass is 10.1. The van der Waals surface area contributed by atoms with E-state index in [4.69, 9.17) is 0 Å². The SMILES string of the molecule is C=CCC(F)(F)c1cnn(-c2c(O)cccc2I)c1. The van der Waals surface area contributed by atoms with Crippen molar-refractivity contribution in [2.75, 3.05) is 0 Å². The molecule has 100 valence electrons. The maximum Gasteiger partial charge on any atom is 0.279 e. The van der Waals surface area contributed by atoms with E-state index in [2.05, 4.69) is 11.7 Å². The molecule has 0 spiro atoms. The molecule has 0 saturated carbocycles. The van der Waals surface area contributed by atoms with E-state index in [0.29, 0.717) is 5.69 Å². The molecule has 1 aromatic heterocycles. The van der Waals surface area contributed by atoms with Crippen molar-refractivity contribution in [3.63, 3.8) is 0 Å². The lowest BCUT2D eigenvalue weighted by molar-refractivity contribution is -0.000882. The second-order valence-electron chi connectivity index (χ2n) is 3.98. The van der Waals surface area contributed by atoms with Gasteiger partial charge in [0.25, 0.3) is 5.92 Å². The van der Waals surface area contributed by atoms with Gasteiger partial charge in [-0.2, -0.15) is 5.10 Å². The Morgan fingerprint density at radius 1 is 1.47 bits per heavy atom. The normalized spacial score (nSPS) is 11.5. The van der Waals surface area contributed by atoms with Gasteiger partial charge in [-0.3, -0.25) is 0 Å². The van der Waals surface area contributed by atoms with Gasteiger partial charge in [0.05, 0.1) is 11.8 Å². The first-order valence-electron chi connectivity index (χ1n) is 5.47. The molecule has 3 nitrogen and oxygen atoms in total. The molecule has 1 aromatic carbocycles. The number of rotatable bonds is 4. The van der Waals surface area contributed by atoms with Crippen molar-refractivity contribution in [2.24, 2.45) is 0 Å². The Labute approximate surface area is 122 Å². The lowest BCUT2D eigenvalue weighted by Crippen LogP contribution is -2.10. The molecule has 2 rings (SSSR count). The van der Waals surface area contributed by atoms with E-state index in [9.17, 15) is 13.9 Å². The Bertz CT molecular complexity index is 590. The van der Waals surface area contributed by atoms with Gasteiger partial charge in [-0.05, 0) is 34.7 Å². The molecule has 0 unspecified atom stereocenters. The van der Waals surface area contributed by atoms with E-state index >= 15 is 0 Å². The highest BCUT2D eigenvalue weighted by molar-refractivity contribution is 14.1. The summed E-state index contributed by atoms with van der Waals surface area (Å²) in [6.45, 7) is 3.32. The standard InChI is InChI=1S/C13H11F2IN2O/c1-2-6-13(14,15)9-7-17-18(8-9)12-10(16)4-3-5-11(12)19/h2-5,7-8,19H,1,6H2. The number of para-hydroxylation sites is 1. The highest BCUT2D eigenvalue weighted by atomic mass is 127. The summed E-state index contributed by atoms with van der Waals surface area (Å²) in [7, 11) is 0. The quantitative estimate of drug-likeness (QED) is 0.650. The van der Waals surface area contributed by atoms with Gasteiger partial charge >= 0.3 is 0 Å². The number of hydrogen-bond donors (Lipinski definition) is 1. The Hall–Kier alpha value is -1.44. The fraction of sp³-hybridized carbons (Fsp3) is 0.154. The molecule has 0 fully saturated rings. The summed E-state index contributed by atoms with van der Waals surface area (Å²) in [6, 6.07) is 4.93. The summed E-state index contributed by atoms with van der Waals surface area (Å²) in [5.41, 5.74) is 0.190. The van der Waals surface area contributed by atoms with Crippen molar-refractivity contribution in [1.29, 1.82) is 0 Å². The number of aromatic hydroxyl groups is 1. The summed E-state index contributed by atoms with van der Waals surface area (Å²) in [4.78, 5) is 0. The molecule has 0 amide bonds. The van der Waals surface area contributed by atoms with Crippen LogP contribution in [0.15, 0.2) is 43.2 Å². The third-order valence-corrected chi connectivity index (χ3v) is 3.47. The number of aromatic nitrogens is 2. The molecule has 2 aromatic rings. The van der Waals surface area contributed by atoms with Crippen molar-refractivity contribution in [3.05, 3.63) is 52.4 Å². The van der Waals surface area contributed by atoms with Gasteiger partial charge in [-0.1, -0.05) is 12.1 Å². The largest absolute Gasteiger partial charge is 0.506 e. The molecular weight excluding hydrogens is 365 g/mol. The number of phenols is 1. The average molecular weight is 376 g/mol. The zero-order valence-corrected chi connectivity index (χ0v) is 12.0. The lowest BCUT2D eigenvalue weighted by Gasteiger charge is -2.11. The van der Waals surface area contributed by atoms with Gasteiger partial charge in [-0.15, -0.1) is 6.58 Å². The highest BCUT2D eigenvalue weighted by Crippen LogP contribution is 2.33. The highest BCUT2D eigenvalue weighted by Gasteiger charge is 2.31. The zero-order chi connectivity index (χ0) is 14.0. The summed E-state index contributed by atoms with van der Waals surface area (Å²) >= 11 is 2.01. The smallest absolute Gasteiger partial charge is 0.279 e. The predicted molar refractivity (Wildman–Crippen MR) is 76.7 cm³/mol. The minimum atomic E-state index is -3.00. The van der Waals surface area contributed by atoms with Gasteiger partial charge in [0.15, 0.2) is 0 Å². The Balaban J connectivity index is 2.44. The van der Waals surface area contributed by atoms with Crippen molar-refractivity contribution < 1.29 is 13.9 Å². The maximum atomic E-state index is 13.7. The monoisotopic (exact) mass is 376 g/mol. The summed E-state index contributed by atoms with van der Waals surface area (Å²) in [5.74, 6) is -3.01. The summed E-state index contributed by atoms with van der Waals surface area (Å²) in [5, 5.41) is 13.7. The molecule has 1 heterocycles. The Morgan fingerprint density at radius 2 is 2.21 bits per heavy atom. The van der Waals surface area contributed by atoms with Crippen LogP contribution < -0.4 is 0 Å². The number of alkyl halides is 2. The number of hydrogen-bond acceptors (Lipinski definition) is 2. The summed E-state index contributed by atoms with van der Waals surface area (Å²) in [6.07, 6.45) is 3.05. The Morgan fingerprint density at radius 3 is 2.84 bits per heavy atom. The topological polar surface area (TPSA) is 38.0 Å². The molecule has 0 radical (unpaired) electrons. The molecule has 0 saturated heterocycles. The van der Waals surface area contributed by atoms with Crippen molar-refractivity contribution >= 4 is 22.6 Å². The number of benzene rings is 1. The van der Waals surface area contributed by atoms with Gasteiger partial charge in [-0.25, -0.2) is 13.5 Å². The van der Waals surface area contributed by atoms with E-state index in [-0.39, 0.29) is 11.3 Å². The van der Waals surface area contributed by atoms with Crippen LogP contribution in [0.4, 0.5) is 8.78 Å². The minimum absolute atomic E-state index is 0.00594. The minimum Gasteiger partial charge on any atom is -0.506 e. The Kier molecular flexibility index (Phi) is 3.88. The maximum absolute atomic E-state index is 13.7. The summed E-state index contributed by atoms with van der Waals surface area (Å²) < 4.78 is 29.4. The van der Waals surface area contributed by atoms with Crippen LogP contribution >= 0.6 is 22.6 Å². The van der Waals surface area contributed by atoms with Crippen LogP contribution in [0, 0.1) is 3.57 Å². The fourth-order valence-electron chi connectivity index (χ4n) is 1.66. The molecule has 1 N–H and O–H groups in total. The molecule has 6 heteroatoms. The van der Waals surface area contributed by atoms with Gasteiger partial charge in [0.1, 0.15) is 11.4 Å². The number of nitrogens with zero attached hydrogens (tertiary/aromatic N) is 2. The molecule has 0 aliphatic heterocycles. The predicted octanol–water partition coefficient (Wildman–Crippen LogP) is 3.85. The first-order valence-corrected chi connectivity index (χ1v) is 6.55. The van der Waals surface area contributed by atoms with Crippen molar-refractivity contribution in [2.45, 2.75) is 12.3 Å². The van der Waals surface area contributed by atoms with Crippen LogP contribution in [0.5, 0.6) is 5.75 Å². The number of phenolic OH excluding ortho intramolecular Hbond substituents is 1. The molecule has 0 aliphatic rings. The van der Waals surface area contributed by atoms with Gasteiger partial charge in [0, 0.05) is 16.2 Å². The van der Waals surface area contributed by atoms with E-state index in [0.717, 1.165) is 9.77 Å². The van der Waals surface area contributed by atoms with E-state index in [1.54, 1.807) is 12.1 Å². The third kappa shape index (κ3) is 2.78. The van der Waals surface area contributed by atoms with E-state index < -0.39 is 12.3 Å². The first kappa shape index (κ1) is 14.0.